The molecular weight excluding hydrogens is 682 g/mol. The van der Waals surface area contributed by atoms with E-state index >= 15 is 0 Å². The monoisotopic (exact) mass is 719 g/mol. The number of Topliss-reactive ketones (excluding diaryl/α,β-unsaturated/α-hetero) is 1. The third kappa shape index (κ3) is 5.93. The molecule has 53 heavy (non-hydrogen) atoms. The number of ketones is 1. The minimum atomic E-state index is -0.555. The van der Waals surface area contributed by atoms with E-state index in [0.717, 1.165) is 78.0 Å². The number of amides is 1. The summed E-state index contributed by atoms with van der Waals surface area (Å²) in [5, 5.41) is 2.92. The number of aryl methyl sites for hydroxylation is 2. The number of methoxy groups -OCH3 is 2. The Morgan fingerprint density at radius 1 is 0.792 bits per heavy atom. The van der Waals surface area contributed by atoms with Crippen LogP contribution < -0.4 is 33.7 Å². The molecule has 10 rings (SSSR count). The van der Waals surface area contributed by atoms with Gasteiger partial charge in [0.15, 0.2) is 23.0 Å². The van der Waals surface area contributed by atoms with Crippen LogP contribution >= 0.6 is 0 Å². The van der Waals surface area contributed by atoms with Crippen LogP contribution in [0.4, 0.5) is 5.95 Å². The zero-order chi connectivity index (χ0) is 36.2. The number of hydrogen-bond acceptors (Lipinski definition) is 13. The predicted octanol–water partition coefficient (Wildman–Crippen LogP) is 5.55. The molecular formula is C39H37N5O9. The Kier molecular flexibility index (Phi) is 7.90. The first-order chi connectivity index (χ1) is 25.9. The fourth-order valence-electron chi connectivity index (χ4n) is 7.18. The van der Waals surface area contributed by atoms with Crippen LogP contribution in [0.1, 0.15) is 55.3 Å². The van der Waals surface area contributed by atoms with Gasteiger partial charge in [-0.3, -0.25) is 14.9 Å². The Bertz CT molecular complexity index is 2250. The highest BCUT2D eigenvalue weighted by Crippen LogP contribution is 2.52. The summed E-state index contributed by atoms with van der Waals surface area (Å²) in [6.45, 7) is 0.442. The molecule has 2 aliphatic heterocycles. The lowest BCUT2D eigenvalue weighted by atomic mass is 9.88. The minimum absolute atomic E-state index is 0. The van der Waals surface area contributed by atoms with Gasteiger partial charge in [-0.25, -0.2) is 9.97 Å². The largest absolute Gasteiger partial charge is 0.481 e. The number of carbonyl (C=O) groups excluding carboxylic acids is 2. The first kappa shape index (κ1) is 32.7. The SMILES string of the molecule is COc1cc(CC(=O)C2(c3ccc4c(c3)OCO4)CC2)nc(OC)n1.O=C(Nc1ncc2c(n1)-c1ccoc1CC2)C1(c2ccc3c(c2)OCO3)CC1.[HH]. The molecule has 5 heterocycles. The number of nitrogens with one attached hydrogen (secondary N) is 1. The van der Waals surface area contributed by atoms with Crippen LogP contribution in [0.25, 0.3) is 11.3 Å². The summed E-state index contributed by atoms with van der Waals surface area (Å²) in [5.41, 5.74) is 4.36. The molecule has 0 saturated heterocycles. The van der Waals surface area contributed by atoms with Crippen LogP contribution in [-0.4, -0.2) is 59.4 Å². The molecule has 14 heteroatoms. The lowest BCUT2D eigenvalue weighted by Gasteiger charge is -2.17. The highest BCUT2D eigenvalue weighted by atomic mass is 16.7. The van der Waals surface area contributed by atoms with Gasteiger partial charge >= 0.3 is 6.01 Å². The van der Waals surface area contributed by atoms with Gasteiger partial charge in [-0.2, -0.15) is 9.97 Å². The summed E-state index contributed by atoms with van der Waals surface area (Å²) in [4.78, 5) is 43.3. The number of aromatic nitrogens is 4. The molecule has 0 bridgehead atoms. The van der Waals surface area contributed by atoms with E-state index in [-0.39, 0.29) is 39.1 Å². The standard InChI is InChI=1S/C21H17N3O4.C18H18N2O5.H2/c25-19(21(6-7-21)13-2-4-16-17(9-13)28-11-27-16)24-20-22-10-12-1-3-15-14(5-8-26-15)18(12)23-20;1-22-16-9-12(19-17(20-16)23-2)8-15(21)18(5-6-18)11-3-4-13-14(7-11)25-10-24-13;/h2,4-5,8-10H,1,3,6-7,11H2,(H,22,23,24,25);3-4,7,9H,5-6,8,10H2,1-2H3;1H. The van der Waals surface area contributed by atoms with Crippen LogP contribution in [-0.2, 0) is 39.7 Å². The van der Waals surface area contributed by atoms with E-state index in [0.29, 0.717) is 34.8 Å². The predicted molar refractivity (Wildman–Crippen MR) is 189 cm³/mol. The van der Waals surface area contributed by atoms with E-state index in [1.54, 1.807) is 18.5 Å². The van der Waals surface area contributed by atoms with Gasteiger partial charge in [0, 0.05) is 25.7 Å². The summed E-state index contributed by atoms with van der Waals surface area (Å²) in [6, 6.07) is 15.2. The van der Waals surface area contributed by atoms with Gasteiger partial charge in [0.2, 0.25) is 31.3 Å². The van der Waals surface area contributed by atoms with Gasteiger partial charge in [0.05, 0.1) is 49.1 Å². The van der Waals surface area contributed by atoms with Gasteiger partial charge in [0.1, 0.15) is 11.5 Å². The number of anilines is 1. The molecule has 1 N–H and O–H groups in total. The summed E-state index contributed by atoms with van der Waals surface area (Å²) < 4.78 is 37.3. The molecule has 0 spiro atoms. The highest BCUT2D eigenvalue weighted by molar-refractivity contribution is 6.00. The number of rotatable bonds is 9. The first-order valence-electron chi connectivity index (χ1n) is 17.4. The number of hydrogen-bond donors (Lipinski definition) is 1. The Labute approximate surface area is 305 Å². The van der Waals surface area contributed by atoms with E-state index in [9.17, 15) is 9.59 Å². The molecule has 1 amide bonds. The number of nitrogens with zero attached hydrogens (tertiary/aromatic N) is 4. The van der Waals surface area contributed by atoms with Gasteiger partial charge in [-0.05, 0) is 79.1 Å². The van der Waals surface area contributed by atoms with E-state index in [1.807, 2.05) is 42.5 Å². The molecule has 3 aliphatic carbocycles. The van der Waals surface area contributed by atoms with Crippen molar-refractivity contribution in [3.05, 3.63) is 89.1 Å². The minimum Gasteiger partial charge on any atom is -0.481 e. The Hall–Kier alpha value is -6.18. The molecule has 14 nitrogen and oxygen atoms in total. The fraction of sp³-hybridized carbons (Fsp3) is 0.333. The molecule has 0 radical (unpaired) electrons. The zero-order valence-corrected chi connectivity index (χ0v) is 29.1. The molecule has 2 fully saturated rings. The van der Waals surface area contributed by atoms with Crippen molar-refractivity contribution in [1.82, 2.24) is 19.9 Å². The topological polar surface area (TPSA) is 166 Å². The number of carbonyl (C=O) groups is 2. The third-order valence-electron chi connectivity index (χ3n) is 10.5. The maximum absolute atomic E-state index is 13.1. The van der Waals surface area contributed by atoms with Crippen LogP contribution in [0, 0.1) is 0 Å². The average Bonchev–Trinajstić information content (AvgIpc) is 3.99. The van der Waals surface area contributed by atoms with Crippen molar-refractivity contribution in [3.8, 4) is 46.1 Å². The van der Waals surface area contributed by atoms with E-state index in [2.05, 4.69) is 25.3 Å². The molecule has 0 atom stereocenters. The van der Waals surface area contributed by atoms with Crippen molar-refractivity contribution in [2.45, 2.75) is 55.8 Å². The summed E-state index contributed by atoms with van der Waals surface area (Å²) in [7, 11) is 3.00. The Morgan fingerprint density at radius 3 is 2.13 bits per heavy atom. The fourth-order valence-corrected chi connectivity index (χ4v) is 7.18. The Morgan fingerprint density at radius 2 is 1.47 bits per heavy atom. The van der Waals surface area contributed by atoms with Crippen LogP contribution in [0.2, 0.25) is 0 Å². The average molecular weight is 720 g/mol. The number of benzene rings is 2. The van der Waals surface area contributed by atoms with Crippen molar-refractivity contribution in [2.75, 3.05) is 33.1 Å². The first-order valence-corrected chi connectivity index (χ1v) is 17.4. The smallest absolute Gasteiger partial charge is 0.319 e. The van der Waals surface area contributed by atoms with Crippen molar-refractivity contribution in [3.63, 3.8) is 0 Å². The van der Waals surface area contributed by atoms with Crippen LogP contribution in [0.5, 0.6) is 34.9 Å². The van der Waals surface area contributed by atoms with Gasteiger partial charge < -0.3 is 32.8 Å². The van der Waals surface area contributed by atoms with Crippen LogP contribution in [0.3, 0.4) is 0 Å². The Balaban J connectivity index is 0.000000151. The lowest BCUT2D eigenvalue weighted by molar-refractivity contribution is -0.121. The van der Waals surface area contributed by atoms with E-state index in [1.165, 1.54) is 14.2 Å². The normalized spacial score (nSPS) is 17.0. The van der Waals surface area contributed by atoms with Gasteiger partial charge in [-0.15, -0.1) is 0 Å². The van der Waals surface area contributed by atoms with E-state index < -0.39 is 10.8 Å². The maximum atomic E-state index is 13.1. The lowest BCUT2D eigenvalue weighted by Crippen LogP contribution is -2.28. The van der Waals surface area contributed by atoms with E-state index in [4.69, 9.17) is 32.8 Å². The van der Waals surface area contributed by atoms with Crippen molar-refractivity contribution in [1.29, 1.82) is 0 Å². The molecule has 2 aromatic carbocycles. The molecule has 5 aliphatic rings. The second kappa shape index (κ2) is 12.8. The number of ether oxygens (including phenoxy) is 6. The van der Waals surface area contributed by atoms with Gasteiger partial charge in [0.25, 0.3) is 0 Å². The third-order valence-corrected chi connectivity index (χ3v) is 10.5. The molecule has 3 aromatic heterocycles. The molecule has 5 aromatic rings. The summed E-state index contributed by atoms with van der Waals surface area (Å²) >= 11 is 0. The van der Waals surface area contributed by atoms with Crippen molar-refractivity contribution >= 4 is 17.6 Å². The molecule has 2 saturated carbocycles. The molecule has 272 valence electrons. The maximum Gasteiger partial charge on any atom is 0.319 e. The zero-order valence-electron chi connectivity index (χ0n) is 29.1. The molecule has 0 unspecified atom stereocenters. The second-order valence-corrected chi connectivity index (χ2v) is 13.6. The highest BCUT2D eigenvalue weighted by Gasteiger charge is 2.52. The quantitative estimate of drug-likeness (QED) is 0.202. The van der Waals surface area contributed by atoms with Crippen molar-refractivity contribution in [2.24, 2.45) is 0 Å². The summed E-state index contributed by atoms with van der Waals surface area (Å²) in [6.07, 6.45) is 8.58. The number of fused-ring (bicyclic) bond motifs is 5. The second-order valence-electron chi connectivity index (χ2n) is 13.6. The summed E-state index contributed by atoms with van der Waals surface area (Å²) in [5.74, 6) is 4.49. The number of furan rings is 1. The van der Waals surface area contributed by atoms with Crippen LogP contribution in [0.15, 0.2) is 65.4 Å². The van der Waals surface area contributed by atoms with Gasteiger partial charge in [-0.1, -0.05) is 12.1 Å². The van der Waals surface area contributed by atoms with Crippen molar-refractivity contribution < 1.29 is 43.9 Å².